The van der Waals surface area contributed by atoms with Crippen LogP contribution >= 0.6 is 15.6 Å². The number of carbonyl (C=O) groups excluding carboxylic acids is 8. The number of ether oxygens (including phenoxy) is 4. The van der Waals surface area contributed by atoms with Crippen LogP contribution in [-0.4, -0.2) is 147 Å². The monoisotopic (exact) mass is 1620 g/mol. The number of unbranched alkanes of at least 4 members (excludes halogenated alkanes) is 34. The summed E-state index contributed by atoms with van der Waals surface area (Å²) >= 11 is 0. The molecule has 0 aliphatic rings. The van der Waals surface area contributed by atoms with Gasteiger partial charge in [0.2, 0.25) is 23.6 Å². The number of Topliss-reactive ketones (excluding diaryl/α,β-unsaturated/α-hetero) is 2. The number of allylic oxidation sites excluding steroid dienone is 4. The number of carbonyl (C=O) groups is 8. The van der Waals surface area contributed by atoms with Gasteiger partial charge in [-0.3, -0.25) is 56.5 Å². The minimum absolute atomic E-state index is 0.130. The molecule has 0 aromatic carbocycles. The maximum Gasteiger partial charge on any atom is 0.472 e. The summed E-state index contributed by atoms with van der Waals surface area (Å²) in [4.78, 5) is 125. The highest BCUT2D eigenvalue weighted by molar-refractivity contribution is 7.47. The van der Waals surface area contributed by atoms with Crippen LogP contribution in [0.5, 0.6) is 0 Å². The summed E-state index contributed by atoms with van der Waals surface area (Å²) in [5, 5.41) is 10.2. The SMILES string of the molecule is CCCCCCC=CCCCC(=O)O[C@H](CCCCCCC)CCOC[C@H](COP(=O)(O)OCCNC(=O)CC(=O)NCCOP(=O)(O)OC[C@H](COCC[C@@H](CCCCCCC)OC(=O)CCCC=CCCCCCC)NC(=O)CC(=O)CCCCCCCCCCC)NC(=O)CC(=O)CCCCCCCCCCC. The fourth-order valence-electron chi connectivity index (χ4n) is 12.5. The predicted molar refractivity (Wildman–Crippen MR) is 442 cm³/mol. The van der Waals surface area contributed by atoms with Crippen molar-refractivity contribution in [2.24, 2.45) is 0 Å². The van der Waals surface area contributed by atoms with Crippen LogP contribution in [0.4, 0.5) is 0 Å². The van der Waals surface area contributed by atoms with Crippen molar-refractivity contribution >= 4 is 62.8 Å². The quantitative estimate of drug-likeness (QED) is 0.0108. The van der Waals surface area contributed by atoms with E-state index in [4.69, 9.17) is 37.0 Å². The molecule has 0 aromatic rings. The van der Waals surface area contributed by atoms with Gasteiger partial charge in [0.1, 0.15) is 30.2 Å². The molecule has 6 N–H and O–H groups in total. The van der Waals surface area contributed by atoms with E-state index in [0.29, 0.717) is 64.2 Å². The molecule has 0 saturated heterocycles. The van der Waals surface area contributed by atoms with Gasteiger partial charge in [-0.25, -0.2) is 9.13 Å². The standard InChI is InChI=1S/C85H158N4O20P2/c1-7-13-19-25-29-33-37-43-47-53-76(90)67-82(94)88-74(70-102-63-59-78(55-49-41-23-17-11-5)108-84(96)57-51-45-39-35-31-27-21-15-9-3)72-106-110(98,99)104-65-61-86-80(92)69-81(93)87-62-66-105-111(100,101)107-73-75(89-83(95)68-77(91)54-48-44-38-34-30-26-20-14-8-2)71-103-64-60-79(56-50-42-24-18-12-6)109-85(97)58-52-46-40-36-32-28-22-16-10-4/h35-36,39-40,74-75,78-79H,7-34,37-38,41-73H2,1-6H3,(H,86,92)(H,87,93)(H,88,94)(H,89,95)(H,98,99)(H,100,101)/t74-,75+,78-,79-/m1/s1. The Morgan fingerprint density at radius 2 is 0.613 bits per heavy atom. The minimum atomic E-state index is -4.83. The summed E-state index contributed by atoms with van der Waals surface area (Å²) in [5.74, 6) is -3.82. The molecule has 26 heteroatoms. The van der Waals surface area contributed by atoms with Crippen LogP contribution in [0.2, 0.25) is 0 Å². The van der Waals surface area contributed by atoms with Crippen LogP contribution in [0.25, 0.3) is 0 Å². The number of nitrogens with one attached hydrogen (secondary N) is 4. The van der Waals surface area contributed by atoms with Gasteiger partial charge in [-0.05, 0) is 89.9 Å². The van der Waals surface area contributed by atoms with Gasteiger partial charge >= 0.3 is 27.6 Å². The molecule has 24 nitrogen and oxygen atoms in total. The number of amides is 4. The highest BCUT2D eigenvalue weighted by Gasteiger charge is 2.28. The van der Waals surface area contributed by atoms with E-state index < -0.39 is 109 Å². The molecule has 0 saturated carbocycles. The molecule has 0 heterocycles. The number of phosphoric acid groups is 2. The topological polar surface area (TPSA) is 333 Å². The number of rotatable bonds is 84. The zero-order valence-corrected chi connectivity index (χ0v) is 72.1. The fourth-order valence-corrected chi connectivity index (χ4v) is 14.0. The second-order valence-corrected chi connectivity index (χ2v) is 32.9. The molecule has 648 valence electrons. The van der Waals surface area contributed by atoms with Crippen LogP contribution in [0.1, 0.15) is 382 Å². The van der Waals surface area contributed by atoms with Crippen LogP contribution in [-0.2, 0) is 84.5 Å². The van der Waals surface area contributed by atoms with Gasteiger partial charge in [0.05, 0.1) is 77.8 Å². The molecule has 0 bridgehead atoms. The van der Waals surface area contributed by atoms with E-state index in [-0.39, 0.29) is 75.9 Å². The zero-order valence-electron chi connectivity index (χ0n) is 70.3. The van der Waals surface area contributed by atoms with Crippen molar-refractivity contribution < 1.29 is 94.3 Å². The number of hydrogen-bond donors (Lipinski definition) is 6. The Morgan fingerprint density at radius 1 is 0.315 bits per heavy atom. The van der Waals surface area contributed by atoms with Crippen molar-refractivity contribution in [1.82, 2.24) is 21.3 Å². The lowest BCUT2D eigenvalue weighted by molar-refractivity contribution is -0.151. The first-order valence-corrected chi connectivity index (χ1v) is 46.9. The van der Waals surface area contributed by atoms with Crippen molar-refractivity contribution in [3.05, 3.63) is 24.3 Å². The van der Waals surface area contributed by atoms with Crippen molar-refractivity contribution in [2.75, 3.05) is 65.9 Å². The Kier molecular flexibility index (Phi) is 74.1. The number of phosphoric ester groups is 2. The molecule has 6 atom stereocenters. The molecule has 0 aliphatic heterocycles. The van der Waals surface area contributed by atoms with Crippen molar-refractivity contribution in [3.63, 3.8) is 0 Å². The van der Waals surface area contributed by atoms with Crippen LogP contribution in [0, 0.1) is 0 Å². The number of hydrogen-bond acceptors (Lipinski definition) is 18. The maximum atomic E-state index is 13.3. The summed E-state index contributed by atoms with van der Waals surface area (Å²) in [6.07, 6.45) is 53.7. The fraction of sp³-hybridized carbons (Fsp3) is 0.859. The highest BCUT2D eigenvalue weighted by Crippen LogP contribution is 2.44. The van der Waals surface area contributed by atoms with Gasteiger partial charge in [0, 0.05) is 51.6 Å². The molecule has 0 spiro atoms. The molecule has 0 aromatic heterocycles. The van der Waals surface area contributed by atoms with Gasteiger partial charge in [-0.2, -0.15) is 0 Å². The smallest absolute Gasteiger partial charge is 0.462 e. The summed E-state index contributed by atoms with van der Waals surface area (Å²) < 4.78 is 71.0. The number of ketones is 2. The van der Waals surface area contributed by atoms with E-state index in [1.165, 1.54) is 89.9 Å². The Hall–Kier alpha value is -4.22. The van der Waals surface area contributed by atoms with E-state index in [0.717, 1.165) is 154 Å². The summed E-state index contributed by atoms with van der Waals surface area (Å²) in [6, 6.07) is -2.00. The van der Waals surface area contributed by atoms with E-state index in [1.807, 2.05) is 0 Å². The average molecular weight is 1620 g/mol. The number of esters is 2. The van der Waals surface area contributed by atoms with Crippen LogP contribution in [0.15, 0.2) is 24.3 Å². The molecular formula is C85H158N4O20P2. The van der Waals surface area contributed by atoms with Gasteiger partial charge < -0.3 is 50.0 Å². The van der Waals surface area contributed by atoms with E-state index in [2.05, 4.69) is 87.1 Å². The van der Waals surface area contributed by atoms with Crippen LogP contribution in [0.3, 0.4) is 0 Å². The third-order valence-corrected chi connectivity index (χ3v) is 21.0. The maximum absolute atomic E-state index is 13.3. The van der Waals surface area contributed by atoms with E-state index in [9.17, 15) is 57.3 Å². The Morgan fingerprint density at radius 3 is 0.946 bits per heavy atom. The summed E-state index contributed by atoms with van der Waals surface area (Å²) in [7, 11) is -9.66. The Labute approximate surface area is 671 Å². The largest absolute Gasteiger partial charge is 0.472 e. The predicted octanol–water partition coefficient (Wildman–Crippen LogP) is 19.4. The second-order valence-electron chi connectivity index (χ2n) is 30.0. The van der Waals surface area contributed by atoms with Crippen LogP contribution < -0.4 is 21.3 Å². The second kappa shape index (κ2) is 77.0. The van der Waals surface area contributed by atoms with Gasteiger partial charge in [0.15, 0.2) is 0 Å². The normalized spacial score (nSPS) is 13.8. The molecule has 2 unspecified atom stereocenters. The van der Waals surface area contributed by atoms with E-state index >= 15 is 0 Å². The van der Waals surface area contributed by atoms with Crippen molar-refractivity contribution in [1.29, 1.82) is 0 Å². The van der Waals surface area contributed by atoms with E-state index in [1.54, 1.807) is 0 Å². The van der Waals surface area contributed by atoms with Gasteiger partial charge in [-0.1, -0.05) is 258 Å². The lowest BCUT2D eigenvalue weighted by atomic mass is 10.0. The highest BCUT2D eigenvalue weighted by atomic mass is 31.2. The summed E-state index contributed by atoms with van der Waals surface area (Å²) in [6.45, 7) is 10.1. The first-order chi connectivity index (χ1) is 53.7. The third-order valence-electron chi connectivity index (χ3n) is 19.1. The van der Waals surface area contributed by atoms with Crippen molar-refractivity contribution in [2.45, 2.75) is 406 Å². The first-order valence-electron chi connectivity index (χ1n) is 43.9. The van der Waals surface area contributed by atoms with Gasteiger partial charge in [0.25, 0.3) is 0 Å². The molecule has 0 radical (unpaired) electrons. The molecule has 0 fully saturated rings. The lowest BCUT2D eigenvalue weighted by Gasteiger charge is -2.22. The Bertz CT molecular complexity index is 2330. The molecule has 0 rings (SSSR count). The molecule has 4 amide bonds. The first kappa shape index (κ1) is 107. The summed E-state index contributed by atoms with van der Waals surface area (Å²) in [5.41, 5.74) is 0. The van der Waals surface area contributed by atoms with Gasteiger partial charge in [-0.15, -0.1) is 0 Å². The molecular weight excluding hydrogens is 1460 g/mol. The Balaban J connectivity index is 5.66. The zero-order chi connectivity index (χ0) is 81.8. The molecule has 111 heavy (non-hydrogen) atoms. The average Bonchev–Trinajstić information content (AvgIpc) is 0.911. The van der Waals surface area contributed by atoms with Crippen molar-refractivity contribution in [3.8, 4) is 0 Å². The molecule has 0 aliphatic carbocycles. The lowest BCUT2D eigenvalue weighted by Crippen LogP contribution is -2.42. The third kappa shape index (κ3) is 74.4. The minimum Gasteiger partial charge on any atom is -0.462 e.